The van der Waals surface area contributed by atoms with Crippen molar-refractivity contribution >= 4 is 21.9 Å². The van der Waals surface area contributed by atoms with Crippen LogP contribution in [0.2, 0.25) is 0 Å². The van der Waals surface area contributed by atoms with Crippen molar-refractivity contribution in [3.8, 4) is 17.1 Å². The summed E-state index contributed by atoms with van der Waals surface area (Å²) in [6, 6.07) is 15.7. The summed E-state index contributed by atoms with van der Waals surface area (Å²) in [5.74, 6) is -1.01. The maximum atomic E-state index is 14.1. The van der Waals surface area contributed by atoms with Crippen molar-refractivity contribution < 1.29 is 22.3 Å². The van der Waals surface area contributed by atoms with Gasteiger partial charge < -0.3 is 9.64 Å². The average Bonchev–Trinajstić information content (AvgIpc) is 2.93. The predicted octanol–water partition coefficient (Wildman–Crippen LogP) is 5.93. The summed E-state index contributed by atoms with van der Waals surface area (Å²) in [6.45, 7) is 10.3. The van der Waals surface area contributed by atoms with Gasteiger partial charge >= 0.3 is 0 Å². The molecule has 0 saturated heterocycles. The molecule has 4 bridgehead atoms. The molecule has 11 heteroatoms. The topological polar surface area (TPSA) is 114 Å². The predicted molar refractivity (Wildman–Crippen MR) is 162 cm³/mol. The lowest BCUT2D eigenvalue weighted by atomic mass is 9.87. The molecule has 224 valence electrons. The minimum absolute atomic E-state index is 0.0622. The Labute approximate surface area is 251 Å². The van der Waals surface area contributed by atoms with Gasteiger partial charge in [-0.25, -0.2) is 23.1 Å². The zero-order chi connectivity index (χ0) is 30.9. The first-order chi connectivity index (χ1) is 20.3. The highest BCUT2D eigenvalue weighted by molar-refractivity contribution is 7.92. The molecule has 1 unspecified atom stereocenters. The van der Waals surface area contributed by atoms with Crippen LogP contribution >= 0.6 is 0 Å². The van der Waals surface area contributed by atoms with Crippen LogP contribution in [-0.2, 0) is 16.6 Å². The normalized spacial score (nSPS) is 16.7. The van der Waals surface area contributed by atoms with Gasteiger partial charge in [-0.3, -0.25) is 4.79 Å². The molecule has 1 amide bonds. The van der Waals surface area contributed by atoms with Crippen LogP contribution < -0.4 is 9.46 Å². The third-order valence-corrected chi connectivity index (χ3v) is 8.50. The largest absolute Gasteiger partial charge is 0.475 e. The molecule has 1 aliphatic rings. The standard InChI is InChI=1S/C32H34FN5O4S/c1-20-8-6-9-21(2)29(20)26-15-28-36-31(35-26)37-43(40,41)25-11-7-10-23(14-25)30(39)38(18-22-12-13-27(33)34-17-22)24(19-42-28)16-32(3,4)5/h6-15,17,24H,16,18-19H2,1-5H3,(H,35,36,37). The fourth-order valence-corrected chi connectivity index (χ4v) is 6.23. The number of hydrogen-bond acceptors (Lipinski definition) is 7. The molecule has 5 rings (SSSR count). The lowest BCUT2D eigenvalue weighted by molar-refractivity contribution is 0.0512. The van der Waals surface area contributed by atoms with E-state index in [1.807, 2.05) is 32.0 Å². The Morgan fingerprint density at radius 2 is 1.74 bits per heavy atom. The molecule has 43 heavy (non-hydrogen) atoms. The van der Waals surface area contributed by atoms with E-state index in [4.69, 9.17) is 4.74 Å². The lowest BCUT2D eigenvalue weighted by Gasteiger charge is -2.35. The van der Waals surface area contributed by atoms with Crippen LogP contribution in [0.15, 0.2) is 71.8 Å². The summed E-state index contributed by atoms with van der Waals surface area (Å²) in [6.07, 6.45) is 1.93. The second-order valence-electron chi connectivity index (χ2n) is 12.0. The molecule has 2 aromatic heterocycles. The number of anilines is 1. The summed E-state index contributed by atoms with van der Waals surface area (Å²) in [5, 5.41) is 0. The lowest BCUT2D eigenvalue weighted by Crippen LogP contribution is -2.45. The molecule has 0 spiro atoms. The zero-order valence-corrected chi connectivity index (χ0v) is 25.6. The van der Waals surface area contributed by atoms with E-state index in [2.05, 4.69) is 40.4 Å². The zero-order valence-electron chi connectivity index (χ0n) is 24.8. The number of amides is 1. The van der Waals surface area contributed by atoms with Crippen molar-refractivity contribution in [3.63, 3.8) is 0 Å². The van der Waals surface area contributed by atoms with Crippen LogP contribution in [0.5, 0.6) is 5.88 Å². The molecule has 0 saturated carbocycles. The van der Waals surface area contributed by atoms with Crippen LogP contribution in [0.25, 0.3) is 11.3 Å². The smallest absolute Gasteiger partial charge is 0.264 e. The molecule has 1 aliphatic heterocycles. The van der Waals surface area contributed by atoms with Crippen molar-refractivity contribution in [2.45, 2.75) is 58.5 Å². The summed E-state index contributed by atoms with van der Waals surface area (Å²) in [4.78, 5) is 28.4. The van der Waals surface area contributed by atoms with Crippen LogP contribution in [0.4, 0.5) is 10.3 Å². The minimum atomic E-state index is -4.18. The van der Waals surface area contributed by atoms with E-state index in [9.17, 15) is 17.6 Å². The quantitative estimate of drug-likeness (QED) is 0.287. The number of carbonyl (C=O) groups is 1. The van der Waals surface area contributed by atoms with Crippen molar-refractivity contribution in [3.05, 3.63) is 95.1 Å². The van der Waals surface area contributed by atoms with Gasteiger partial charge in [-0.2, -0.15) is 9.37 Å². The summed E-state index contributed by atoms with van der Waals surface area (Å²) >= 11 is 0. The van der Waals surface area contributed by atoms with Gasteiger partial charge in [-0.15, -0.1) is 0 Å². The van der Waals surface area contributed by atoms with Crippen LogP contribution in [0.1, 0.15) is 54.2 Å². The second kappa shape index (κ2) is 11.7. The summed E-state index contributed by atoms with van der Waals surface area (Å²) in [5.41, 5.74) is 3.84. The fourth-order valence-electron chi connectivity index (χ4n) is 5.24. The fraction of sp³-hybridized carbons (Fsp3) is 0.312. The summed E-state index contributed by atoms with van der Waals surface area (Å²) < 4.78 is 49.4. The molecule has 2 aromatic carbocycles. The molecular formula is C32H34FN5O4S. The number of benzene rings is 2. The van der Waals surface area contributed by atoms with Gasteiger partial charge in [0, 0.05) is 29.9 Å². The third kappa shape index (κ3) is 6.99. The number of rotatable bonds is 4. The Balaban J connectivity index is 1.68. The van der Waals surface area contributed by atoms with Gasteiger partial charge in [-0.1, -0.05) is 51.1 Å². The van der Waals surface area contributed by atoms with E-state index in [0.29, 0.717) is 17.7 Å². The number of fused-ring (bicyclic) bond motifs is 4. The third-order valence-electron chi connectivity index (χ3n) is 7.17. The number of ether oxygens (including phenoxy) is 1. The number of nitrogens with one attached hydrogen (secondary N) is 1. The Bertz CT molecular complexity index is 1750. The number of hydrogen-bond donors (Lipinski definition) is 1. The van der Waals surface area contributed by atoms with Gasteiger partial charge in [0.25, 0.3) is 15.9 Å². The number of carbonyl (C=O) groups excluding carboxylic acids is 1. The van der Waals surface area contributed by atoms with E-state index < -0.39 is 27.9 Å². The molecule has 1 N–H and O–H groups in total. The molecule has 3 heterocycles. The van der Waals surface area contributed by atoms with Crippen molar-refractivity contribution in [2.24, 2.45) is 5.41 Å². The van der Waals surface area contributed by atoms with Crippen LogP contribution in [-0.4, -0.2) is 46.8 Å². The Morgan fingerprint density at radius 1 is 1.02 bits per heavy atom. The maximum absolute atomic E-state index is 14.1. The van der Waals surface area contributed by atoms with Crippen LogP contribution in [0, 0.1) is 25.2 Å². The van der Waals surface area contributed by atoms with E-state index in [1.54, 1.807) is 23.1 Å². The van der Waals surface area contributed by atoms with Crippen molar-refractivity contribution in [1.82, 2.24) is 19.9 Å². The first kappa shape index (κ1) is 30.1. The molecule has 9 nitrogen and oxygen atoms in total. The number of halogens is 1. The monoisotopic (exact) mass is 603 g/mol. The van der Waals surface area contributed by atoms with E-state index in [1.165, 1.54) is 30.5 Å². The number of aryl methyl sites for hydroxylation is 2. The second-order valence-corrected chi connectivity index (χ2v) is 13.6. The van der Waals surface area contributed by atoms with Gasteiger partial charge in [0.1, 0.15) is 6.61 Å². The highest BCUT2D eigenvalue weighted by Crippen LogP contribution is 2.31. The van der Waals surface area contributed by atoms with Crippen LogP contribution in [0.3, 0.4) is 0 Å². The van der Waals surface area contributed by atoms with Gasteiger partial charge in [0.2, 0.25) is 17.8 Å². The number of aromatic nitrogens is 3. The van der Waals surface area contributed by atoms with E-state index in [-0.39, 0.29) is 40.9 Å². The molecular weight excluding hydrogens is 569 g/mol. The maximum Gasteiger partial charge on any atom is 0.264 e. The molecule has 1 atom stereocenters. The first-order valence-corrected chi connectivity index (χ1v) is 15.4. The molecule has 0 fully saturated rings. The Hall–Kier alpha value is -4.38. The Morgan fingerprint density at radius 3 is 2.42 bits per heavy atom. The highest BCUT2D eigenvalue weighted by Gasteiger charge is 2.31. The number of sulfonamides is 1. The SMILES string of the molecule is Cc1cccc(C)c1-c1cc2nc(n1)NS(=O)(=O)c1cccc(c1)C(=O)N(Cc1ccc(F)nc1)C(CC(C)(C)C)CO2. The summed E-state index contributed by atoms with van der Waals surface area (Å²) in [7, 11) is -4.18. The highest BCUT2D eigenvalue weighted by atomic mass is 32.2. The number of nitrogens with zero attached hydrogens (tertiary/aromatic N) is 4. The van der Waals surface area contributed by atoms with E-state index >= 15 is 0 Å². The van der Waals surface area contributed by atoms with Gasteiger partial charge in [-0.05, 0) is 66.6 Å². The Kier molecular flexibility index (Phi) is 8.20. The average molecular weight is 604 g/mol. The molecule has 0 radical (unpaired) electrons. The molecule has 0 aliphatic carbocycles. The first-order valence-electron chi connectivity index (χ1n) is 13.9. The van der Waals surface area contributed by atoms with Crippen molar-refractivity contribution in [2.75, 3.05) is 11.3 Å². The number of pyridine rings is 1. The molecule has 4 aromatic rings. The van der Waals surface area contributed by atoms with E-state index in [0.717, 1.165) is 16.7 Å². The van der Waals surface area contributed by atoms with Gasteiger partial charge in [0.15, 0.2) is 0 Å². The van der Waals surface area contributed by atoms with Gasteiger partial charge in [0.05, 0.1) is 16.6 Å². The van der Waals surface area contributed by atoms with Crippen molar-refractivity contribution in [1.29, 1.82) is 0 Å². The minimum Gasteiger partial charge on any atom is -0.475 e.